The fourth-order valence-corrected chi connectivity index (χ4v) is 4.15. The van der Waals surface area contributed by atoms with E-state index in [9.17, 15) is 14.0 Å². The summed E-state index contributed by atoms with van der Waals surface area (Å²) in [6.07, 6.45) is 9.75. The number of benzene rings is 2. The topological polar surface area (TPSA) is 110 Å². The van der Waals surface area contributed by atoms with Crippen molar-refractivity contribution in [2.24, 2.45) is 11.8 Å². The number of aromatic nitrogens is 4. The van der Waals surface area contributed by atoms with Gasteiger partial charge in [-0.25, -0.2) is 9.18 Å². The van der Waals surface area contributed by atoms with Crippen molar-refractivity contribution < 1.29 is 19.1 Å². The number of hydrogen-bond donors (Lipinski definition) is 2. The average Bonchev–Trinajstić information content (AvgIpc) is 3.52. The Hall–Kier alpha value is -4.11. The van der Waals surface area contributed by atoms with Crippen molar-refractivity contribution in [2.75, 3.05) is 5.32 Å². The van der Waals surface area contributed by atoms with Gasteiger partial charge in [0.25, 0.3) is 0 Å². The predicted octanol–water partition coefficient (Wildman–Crippen LogP) is 5.72. The Balaban J connectivity index is 1.55. The number of carboxylic acids is 1. The maximum absolute atomic E-state index is 14.1. The average molecular weight is 522 g/mol. The lowest BCUT2D eigenvalue weighted by Gasteiger charge is -2.18. The molecule has 3 aromatic rings. The van der Waals surface area contributed by atoms with E-state index in [1.54, 1.807) is 12.1 Å². The normalized spacial score (nSPS) is 14.5. The highest BCUT2D eigenvalue weighted by Gasteiger charge is 2.30. The van der Waals surface area contributed by atoms with Crippen LogP contribution < -0.4 is 5.32 Å². The molecule has 1 unspecified atom stereocenters. The van der Waals surface area contributed by atoms with Crippen LogP contribution in [0.25, 0.3) is 11.3 Å². The van der Waals surface area contributed by atoms with Crippen molar-refractivity contribution >= 4 is 34.7 Å². The highest BCUT2D eigenvalue weighted by molar-refractivity contribution is 6.30. The number of nitrogens with one attached hydrogen (secondary N) is 1. The Bertz CT molecular complexity index is 1400. The molecular formula is C27H25ClFN5O3. The van der Waals surface area contributed by atoms with E-state index in [-0.39, 0.29) is 11.6 Å². The molecule has 4 rings (SSSR count). The first kappa shape index (κ1) is 26.0. The lowest BCUT2D eigenvalue weighted by atomic mass is 9.91. The summed E-state index contributed by atoms with van der Waals surface area (Å²) in [4.78, 5) is 24.3. The van der Waals surface area contributed by atoms with Crippen molar-refractivity contribution in [1.29, 1.82) is 0 Å². The maximum Gasteiger partial charge on any atom is 0.338 e. The third-order valence-electron chi connectivity index (χ3n) is 6.15. The number of anilines is 1. The number of rotatable bonds is 10. The summed E-state index contributed by atoms with van der Waals surface area (Å²) < 4.78 is 15.7. The second-order valence-electron chi connectivity index (χ2n) is 8.79. The van der Waals surface area contributed by atoms with Crippen LogP contribution in [0.3, 0.4) is 0 Å². The number of amides is 1. The number of carbonyl (C=O) groups is 2. The van der Waals surface area contributed by atoms with E-state index in [1.165, 1.54) is 17.1 Å². The Kier molecular flexibility index (Phi) is 7.93. The SMILES string of the molecule is C=C(/C=C\C(=C/C)c1cc(Cl)ccc1-n1cnnn1)C(CC1CC1)C(=O)Nc1ccc(C(=O)O)c(F)c1. The first-order valence-corrected chi connectivity index (χ1v) is 12.0. The van der Waals surface area contributed by atoms with E-state index in [0.717, 1.165) is 41.8 Å². The third-order valence-corrected chi connectivity index (χ3v) is 6.39. The van der Waals surface area contributed by atoms with Gasteiger partial charge >= 0.3 is 5.97 Å². The molecule has 0 saturated heterocycles. The van der Waals surface area contributed by atoms with E-state index in [1.807, 2.05) is 31.2 Å². The number of allylic oxidation sites excluding steroid dienone is 4. The molecule has 2 N–H and O–H groups in total. The van der Waals surface area contributed by atoms with Crippen molar-refractivity contribution in [3.05, 3.63) is 95.1 Å². The third kappa shape index (κ3) is 6.37. The fraction of sp³-hybridized carbons (Fsp3) is 0.222. The van der Waals surface area contributed by atoms with Gasteiger partial charge in [0, 0.05) is 16.3 Å². The van der Waals surface area contributed by atoms with Crippen LogP contribution >= 0.6 is 11.6 Å². The van der Waals surface area contributed by atoms with Gasteiger partial charge in [0.1, 0.15) is 12.1 Å². The monoisotopic (exact) mass is 521 g/mol. The number of carboxylic acid groups (broad SMARTS) is 1. The zero-order valence-corrected chi connectivity index (χ0v) is 20.8. The summed E-state index contributed by atoms with van der Waals surface area (Å²) in [5.41, 5.74) is 2.67. The summed E-state index contributed by atoms with van der Waals surface area (Å²) in [7, 11) is 0. The van der Waals surface area contributed by atoms with E-state index < -0.39 is 23.3 Å². The minimum atomic E-state index is -1.37. The van der Waals surface area contributed by atoms with Crippen LogP contribution in [-0.4, -0.2) is 37.2 Å². The Morgan fingerprint density at radius 1 is 1.24 bits per heavy atom. The van der Waals surface area contributed by atoms with E-state index in [4.69, 9.17) is 16.7 Å². The number of halogens is 2. The second kappa shape index (κ2) is 11.3. The molecule has 1 atom stereocenters. The number of carbonyl (C=O) groups excluding carboxylic acids is 1. The fourth-order valence-electron chi connectivity index (χ4n) is 3.97. The van der Waals surface area contributed by atoms with E-state index in [0.29, 0.717) is 22.9 Å². The lowest BCUT2D eigenvalue weighted by molar-refractivity contribution is -0.119. The molecule has 1 amide bonds. The molecule has 1 aromatic heterocycles. The minimum absolute atomic E-state index is 0.184. The summed E-state index contributed by atoms with van der Waals surface area (Å²) >= 11 is 6.27. The first-order chi connectivity index (χ1) is 17.8. The van der Waals surface area contributed by atoms with Crippen LogP contribution in [0.15, 0.2) is 73.1 Å². The molecule has 37 heavy (non-hydrogen) atoms. The lowest BCUT2D eigenvalue weighted by Crippen LogP contribution is -2.24. The predicted molar refractivity (Wildman–Crippen MR) is 139 cm³/mol. The number of nitrogens with zero attached hydrogens (tertiary/aromatic N) is 4. The molecule has 1 saturated carbocycles. The Morgan fingerprint density at radius 3 is 2.65 bits per heavy atom. The van der Waals surface area contributed by atoms with Gasteiger partial charge < -0.3 is 10.4 Å². The van der Waals surface area contributed by atoms with Crippen molar-refractivity contribution in [2.45, 2.75) is 26.2 Å². The number of tetrazole rings is 1. The van der Waals surface area contributed by atoms with Gasteiger partial charge in [0.15, 0.2) is 0 Å². The number of hydrogen-bond acceptors (Lipinski definition) is 5. The number of aromatic carboxylic acids is 1. The molecule has 0 spiro atoms. The molecule has 2 aromatic carbocycles. The van der Waals surface area contributed by atoms with Gasteiger partial charge in [-0.1, -0.05) is 49.2 Å². The molecular weight excluding hydrogens is 497 g/mol. The van der Waals surface area contributed by atoms with Crippen LogP contribution in [0.2, 0.25) is 5.02 Å². The highest BCUT2D eigenvalue weighted by Crippen LogP contribution is 2.38. The quantitative estimate of drug-likeness (QED) is 0.330. The van der Waals surface area contributed by atoms with E-state index >= 15 is 0 Å². The van der Waals surface area contributed by atoms with Crippen LogP contribution in [0, 0.1) is 17.7 Å². The van der Waals surface area contributed by atoms with Gasteiger partial charge in [0.2, 0.25) is 5.91 Å². The largest absolute Gasteiger partial charge is 0.478 e. The minimum Gasteiger partial charge on any atom is -0.478 e. The van der Waals surface area contributed by atoms with Crippen LogP contribution in [0.1, 0.15) is 42.1 Å². The molecule has 1 fully saturated rings. The molecule has 190 valence electrons. The van der Waals surface area contributed by atoms with E-state index in [2.05, 4.69) is 27.4 Å². The molecule has 8 nitrogen and oxygen atoms in total. The van der Waals surface area contributed by atoms with Gasteiger partial charge in [-0.2, -0.15) is 4.68 Å². The van der Waals surface area contributed by atoms with Crippen LogP contribution in [0.4, 0.5) is 10.1 Å². The molecule has 1 heterocycles. The first-order valence-electron chi connectivity index (χ1n) is 11.7. The Labute approximate surface area is 218 Å². The summed E-state index contributed by atoms with van der Waals surface area (Å²) in [5.74, 6) is -2.73. The van der Waals surface area contributed by atoms with Crippen LogP contribution in [0.5, 0.6) is 0 Å². The zero-order valence-electron chi connectivity index (χ0n) is 20.1. The highest BCUT2D eigenvalue weighted by atomic mass is 35.5. The van der Waals surface area contributed by atoms with Crippen molar-refractivity contribution in [3.8, 4) is 5.69 Å². The van der Waals surface area contributed by atoms with Gasteiger partial charge in [0.05, 0.1) is 17.2 Å². The summed E-state index contributed by atoms with van der Waals surface area (Å²) in [5, 5.41) is 23.7. The molecule has 1 aliphatic carbocycles. The summed E-state index contributed by atoms with van der Waals surface area (Å²) in [6.45, 7) is 6.04. The standard InChI is InChI=1S/C27H25ClFN5O3/c1-3-18(23-13-19(28)8-11-25(23)34-15-30-32-33-34)7-4-16(2)22(12-17-5-6-17)26(35)31-20-9-10-21(27(36)37)24(29)14-20/h3-4,7-11,13-15,17,22H,2,5-6,12H2,1H3,(H,31,35)(H,36,37)/b7-4-,18-3+. The van der Waals surface area contributed by atoms with Gasteiger partial charge in [-0.15, -0.1) is 5.10 Å². The molecule has 0 radical (unpaired) electrons. The van der Waals surface area contributed by atoms with Gasteiger partial charge in [-0.05, 0) is 77.2 Å². The smallest absolute Gasteiger partial charge is 0.338 e. The molecule has 10 heteroatoms. The van der Waals surface area contributed by atoms with Crippen molar-refractivity contribution in [3.63, 3.8) is 0 Å². The molecule has 0 bridgehead atoms. The molecule has 1 aliphatic rings. The maximum atomic E-state index is 14.1. The zero-order chi connectivity index (χ0) is 26.5. The Morgan fingerprint density at radius 2 is 2.03 bits per heavy atom. The summed E-state index contributed by atoms with van der Waals surface area (Å²) in [6, 6.07) is 8.88. The van der Waals surface area contributed by atoms with Gasteiger partial charge in [-0.3, -0.25) is 4.79 Å². The second-order valence-corrected chi connectivity index (χ2v) is 9.23. The van der Waals surface area contributed by atoms with Crippen molar-refractivity contribution in [1.82, 2.24) is 20.2 Å². The molecule has 0 aliphatic heterocycles. The van der Waals surface area contributed by atoms with Crippen LogP contribution in [-0.2, 0) is 4.79 Å².